The summed E-state index contributed by atoms with van der Waals surface area (Å²) in [4.78, 5) is 12.9. The number of tetrazole rings is 1. The van der Waals surface area contributed by atoms with E-state index in [1.54, 1.807) is 4.68 Å². The zero-order valence-corrected chi connectivity index (χ0v) is 12.8. The molecule has 1 aliphatic rings. The molecule has 0 bridgehead atoms. The molecule has 1 amide bonds. The molecule has 2 unspecified atom stereocenters. The van der Waals surface area contributed by atoms with Crippen LogP contribution in [0.3, 0.4) is 0 Å². The van der Waals surface area contributed by atoms with Crippen LogP contribution in [0.1, 0.15) is 52.4 Å². The van der Waals surface area contributed by atoms with Gasteiger partial charge >= 0.3 is 0 Å². The topological polar surface area (TPSA) is 92.9 Å². The number of carbonyl (C=O) groups excluding carboxylic acids is 1. The van der Waals surface area contributed by atoms with Crippen molar-refractivity contribution in [1.29, 1.82) is 0 Å². The Morgan fingerprint density at radius 2 is 2.14 bits per heavy atom. The smallest absolute Gasteiger partial charge is 0.248 e. The molecule has 0 spiro atoms. The van der Waals surface area contributed by atoms with Gasteiger partial charge in [0.15, 0.2) is 0 Å². The lowest BCUT2D eigenvalue weighted by molar-refractivity contribution is -0.134. The molecular weight excluding hydrogens is 270 g/mol. The van der Waals surface area contributed by atoms with E-state index in [-0.39, 0.29) is 24.5 Å². The van der Waals surface area contributed by atoms with Crippen LogP contribution in [0.2, 0.25) is 0 Å². The zero-order chi connectivity index (χ0) is 15.3. The van der Waals surface area contributed by atoms with Crippen LogP contribution < -0.4 is 5.32 Å². The van der Waals surface area contributed by atoms with Crippen LogP contribution in [0.25, 0.3) is 0 Å². The Morgan fingerprint density at radius 3 is 2.67 bits per heavy atom. The summed E-state index contributed by atoms with van der Waals surface area (Å²) in [6, 6.07) is -0.224. The molecule has 1 aromatic rings. The SMILES string of the molecule is CCC(C)C(CO)NC(=O)C1(n2cnnn2)CCCCC1. The summed E-state index contributed by atoms with van der Waals surface area (Å²) >= 11 is 0. The van der Waals surface area contributed by atoms with Gasteiger partial charge in [-0.3, -0.25) is 4.79 Å². The molecule has 2 atom stereocenters. The Hall–Kier alpha value is -1.50. The van der Waals surface area contributed by atoms with Gasteiger partial charge in [0, 0.05) is 0 Å². The van der Waals surface area contributed by atoms with Gasteiger partial charge in [0.25, 0.3) is 0 Å². The highest BCUT2D eigenvalue weighted by Gasteiger charge is 2.43. The van der Waals surface area contributed by atoms with Gasteiger partial charge in [-0.05, 0) is 29.2 Å². The van der Waals surface area contributed by atoms with Crippen molar-refractivity contribution in [3.8, 4) is 0 Å². The molecule has 7 heteroatoms. The monoisotopic (exact) mass is 295 g/mol. The third-order valence-corrected chi connectivity index (χ3v) is 4.73. The quantitative estimate of drug-likeness (QED) is 0.812. The Labute approximate surface area is 125 Å². The van der Waals surface area contributed by atoms with Crippen LogP contribution in [0.15, 0.2) is 6.33 Å². The van der Waals surface area contributed by atoms with Crippen molar-refractivity contribution in [2.45, 2.75) is 64.0 Å². The summed E-state index contributed by atoms with van der Waals surface area (Å²) in [5.74, 6) is 0.155. The van der Waals surface area contributed by atoms with Gasteiger partial charge < -0.3 is 10.4 Å². The molecule has 0 aliphatic heterocycles. The molecule has 1 heterocycles. The molecule has 2 N–H and O–H groups in total. The molecule has 1 aromatic heterocycles. The molecule has 118 valence electrons. The number of hydrogen-bond donors (Lipinski definition) is 2. The number of aliphatic hydroxyl groups excluding tert-OH is 1. The van der Waals surface area contributed by atoms with E-state index >= 15 is 0 Å². The third-order valence-electron chi connectivity index (χ3n) is 4.73. The average molecular weight is 295 g/mol. The predicted octanol–water partition coefficient (Wildman–Crippen LogP) is 0.856. The number of nitrogens with zero attached hydrogens (tertiary/aromatic N) is 4. The van der Waals surface area contributed by atoms with Crippen LogP contribution in [0.5, 0.6) is 0 Å². The zero-order valence-electron chi connectivity index (χ0n) is 12.8. The van der Waals surface area contributed by atoms with E-state index in [4.69, 9.17) is 0 Å². The van der Waals surface area contributed by atoms with E-state index in [0.717, 1.165) is 38.5 Å². The molecule has 0 radical (unpaired) electrons. The largest absolute Gasteiger partial charge is 0.394 e. The van der Waals surface area contributed by atoms with Crippen molar-refractivity contribution in [3.63, 3.8) is 0 Å². The molecule has 0 aromatic carbocycles. The number of amides is 1. The van der Waals surface area contributed by atoms with E-state index in [9.17, 15) is 9.90 Å². The van der Waals surface area contributed by atoms with Gasteiger partial charge in [0.2, 0.25) is 5.91 Å². The molecule has 2 rings (SSSR count). The molecular formula is C14H25N5O2. The fraction of sp³-hybridized carbons (Fsp3) is 0.857. The van der Waals surface area contributed by atoms with Crippen molar-refractivity contribution in [1.82, 2.24) is 25.5 Å². The number of aliphatic hydroxyl groups is 1. The lowest BCUT2D eigenvalue weighted by atomic mass is 9.80. The van der Waals surface area contributed by atoms with E-state index in [1.807, 2.05) is 6.92 Å². The van der Waals surface area contributed by atoms with Gasteiger partial charge in [0.05, 0.1) is 12.6 Å². The number of aromatic nitrogens is 4. The standard InChI is InChI=1S/C14H25N5O2/c1-3-11(2)12(9-20)16-13(21)14(7-5-4-6-8-14)19-10-15-17-18-19/h10-12,20H,3-9H2,1-2H3,(H,16,21). The number of rotatable bonds is 6. The van der Waals surface area contributed by atoms with E-state index < -0.39 is 5.54 Å². The highest BCUT2D eigenvalue weighted by molar-refractivity contribution is 5.84. The Balaban J connectivity index is 2.19. The number of carbonyl (C=O) groups is 1. The highest BCUT2D eigenvalue weighted by Crippen LogP contribution is 2.34. The summed E-state index contributed by atoms with van der Waals surface area (Å²) in [7, 11) is 0. The minimum Gasteiger partial charge on any atom is -0.394 e. The summed E-state index contributed by atoms with van der Waals surface area (Å²) < 4.78 is 1.59. The van der Waals surface area contributed by atoms with Crippen molar-refractivity contribution in [3.05, 3.63) is 6.33 Å². The van der Waals surface area contributed by atoms with Gasteiger partial charge in [-0.1, -0.05) is 39.5 Å². The second kappa shape index (κ2) is 6.98. The number of hydrogen-bond acceptors (Lipinski definition) is 5. The van der Waals surface area contributed by atoms with Crippen molar-refractivity contribution < 1.29 is 9.90 Å². The second-order valence-electron chi connectivity index (χ2n) is 5.99. The maximum absolute atomic E-state index is 12.9. The molecule has 7 nitrogen and oxygen atoms in total. The predicted molar refractivity (Wildman–Crippen MR) is 77.3 cm³/mol. The van der Waals surface area contributed by atoms with Crippen LogP contribution >= 0.6 is 0 Å². The molecule has 1 saturated carbocycles. The first kappa shape index (κ1) is 15.9. The second-order valence-corrected chi connectivity index (χ2v) is 5.99. The Morgan fingerprint density at radius 1 is 1.43 bits per heavy atom. The number of nitrogens with one attached hydrogen (secondary N) is 1. The summed E-state index contributed by atoms with van der Waals surface area (Å²) in [6.07, 6.45) is 7.00. The normalized spacial score (nSPS) is 20.7. The third kappa shape index (κ3) is 3.23. The maximum atomic E-state index is 12.9. The summed E-state index contributed by atoms with van der Waals surface area (Å²) in [5, 5.41) is 23.9. The molecule has 21 heavy (non-hydrogen) atoms. The molecule has 1 fully saturated rings. The lowest BCUT2D eigenvalue weighted by Gasteiger charge is -2.37. The van der Waals surface area contributed by atoms with Gasteiger partial charge in [-0.25, -0.2) is 4.68 Å². The summed E-state index contributed by atoms with van der Waals surface area (Å²) in [5.41, 5.74) is -0.706. The van der Waals surface area contributed by atoms with Crippen LogP contribution in [0, 0.1) is 5.92 Å². The maximum Gasteiger partial charge on any atom is 0.248 e. The first-order valence-electron chi connectivity index (χ1n) is 7.79. The van der Waals surface area contributed by atoms with Crippen molar-refractivity contribution >= 4 is 5.91 Å². The van der Waals surface area contributed by atoms with Crippen LogP contribution in [-0.2, 0) is 10.3 Å². The highest BCUT2D eigenvalue weighted by atomic mass is 16.3. The summed E-state index contributed by atoms with van der Waals surface area (Å²) in [6.45, 7) is 4.04. The van der Waals surface area contributed by atoms with Crippen LogP contribution in [0.4, 0.5) is 0 Å². The lowest BCUT2D eigenvalue weighted by Crippen LogP contribution is -2.55. The molecule has 0 saturated heterocycles. The Kier molecular flexibility index (Phi) is 5.27. The van der Waals surface area contributed by atoms with E-state index in [0.29, 0.717) is 0 Å². The van der Waals surface area contributed by atoms with Crippen LogP contribution in [-0.4, -0.2) is 43.9 Å². The van der Waals surface area contributed by atoms with Gasteiger partial charge in [0.1, 0.15) is 11.9 Å². The minimum atomic E-state index is -0.706. The van der Waals surface area contributed by atoms with E-state index in [1.165, 1.54) is 6.33 Å². The average Bonchev–Trinajstić information content (AvgIpc) is 3.07. The Bertz CT molecular complexity index is 442. The minimum absolute atomic E-state index is 0.0492. The van der Waals surface area contributed by atoms with Gasteiger partial charge in [-0.15, -0.1) is 5.10 Å². The first-order chi connectivity index (χ1) is 10.1. The fourth-order valence-electron chi connectivity index (χ4n) is 3.01. The fourth-order valence-corrected chi connectivity index (χ4v) is 3.01. The van der Waals surface area contributed by atoms with E-state index in [2.05, 4.69) is 27.8 Å². The first-order valence-corrected chi connectivity index (χ1v) is 7.79. The van der Waals surface area contributed by atoms with Crippen molar-refractivity contribution in [2.24, 2.45) is 5.92 Å². The van der Waals surface area contributed by atoms with Crippen molar-refractivity contribution in [2.75, 3.05) is 6.61 Å². The van der Waals surface area contributed by atoms with Gasteiger partial charge in [-0.2, -0.15) is 0 Å². The molecule has 1 aliphatic carbocycles.